The number of hydrogen-bond donors (Lipinski definition) is 0. The monoisotopic (exact) mass is 191 g/mol. The van der Waals surface area contributed by atoms with Crippen LogP contribution in [0.3, 0.4) is 0 Å². The first-order valence-corrected chi connectivity index (χ1v) is 2.85. The Bertz CT molecular complexity index is 199. The van der Waals surface area contributed by atoms with Gasteiger partial charge in [0.1, 0.15) is 0 Å². The summed E-state index contributed by atoms with van der Waals surface area (Å²) in [7, 11) is 0. The van der Waals surface area contributed by atoms with E-state index in [0.717, 1.165) is 0 Å². The van der Waals surface area contributed by atoms with Crippen LogP contribution in [-0.4, -0.2) is 52.6 Å². The van der Waals surface area contributed by atoms with Crippen LogP contribution < -0.4 is 0 Å². The Morgan fingerprint density at radius 3 is 1.58 bits per heavy atom. The number of carbonyl (C=O) groups is 2. The fourth-order valence-electron chi connectivity index (χ4n) is 0.859. The van der Waals surface area contributed by atoms with Crippen molar-refractivity contribution >= 4 is 41.4 Å². The van der Waals surface area contributed by atoms with Gasteiger partial charge in [0, 0.05) is 12.8 Å². The molecular formula is C5H5F3NNaO2. The molecule has 0 aromatic carbocycles. The Labute approximate surface area is 88.2 Å². The van der Waals surface area contributed by atoms with Crippen molar-refractivity contribution in [3.8, 4) is 0 Å². The van der Waals surface area contributed by atoms with Gasteiger partial charge in [-0.2, -0.15) is 4.90 Å². The zero-order chi connectivity index (χ0) is 8.65. The fourth-order valence-corrected chi connectivity index (χ4v) is 0.859. The standard InChI is InChI=1S/C5H4F3NO2.Na.H/c6-5(7,8)9-3(10)1-2-4(9)11;;/h1-2H2;;. The van der Waals surface area contributed by atoms with Gasteiger partial charge in [-0.25, -0.2) is 0 Å². The predicted molar refractivity (Wildman–Crippen MR) is 34.3 cm³/mol. The van der Waals surface area contributed by atoms with Crippen LogP contribution in [0.1, 0.15) is 12.8 Å². The maximum atomic E-state index is 11.7. The molecule has 12 heavy (non-hydrogen) atoms. The SMILES string of the molecule is O=C1CCC(=O)N1C(F)(F)F.[NaH]. The van der Waals surface area contributed by atoms with E-state index < -0.39 is 23.0 Å². The molecule has 2 amide bonds. The average Bonchev–Trinajstić information content (AvgIpc) is 2.08. The number of amides is 2. The zero-order valence-electron chi connectivity index (χ0n) is 5.31. The van der Waals surface area contributed by atoms with Gasteiger partial charge < -0.3 is 0 Å². The van der Waals surface area contributed by atoms with Crippen molar-refractivity contribution in [2.45, 2.75) is 19.1 Å². The molecule has 0 saturated carbocycles. The molecule has 0 atom stereocenters. The van der Waals surface area contributed by atoms with Crippen LogP contribution >= 0.6 is 0 Å². The Morgan fingerprint density at radius 1 is 1.08 bits per heavy atom. The fraction of sp³-hybridized carbons (Fsp3) is 0.600. The van der Waals surface area contributed by atoms with Gasteiger partial charge in [0.25, 0.3) is 0 Å². The first kappa shape index (κ1) is 11.9. The molecule has 0 bridgehead atoms. The maximum absolute atomic E-state index is 11.7. The molecule has 0 aromatic rings. The molecule has 0 unspecified atom stereocenters. The van der Waals surface area contributed by atoms with E-state index in [0.29, 0.717) is 0 Å². The van der Waals surface area contributed by atoms with Gasteiger partial charge >= 0.3 is 35.9 Å². The van der Waals surface area contributed by atoms with Crippen LogP contribution in [0.15, 0.2) is 0 Å². The Hall–Kier alpha value is -0.0700. The molecule has 7 heteroatoms. The summed E-state index contributed by atoms with van der Waals surface area (Å²) in [4.78, 5) is 20.2. The number of carbonyl (C=O) groups excluding carboxylic acids is 2. The van der Waals surface area contributed by atoms with Crippen LogP contribution in [0.5, 0.6) is 0 Å². The second-order valence-corrected chi connectivity index (χ2v) is 2.09. The van der Waals surface area contributed by atoms with E-state index >= 15 is 0 Å². The van der Waals surface area contributed by atoms with E-state index in [2.05, 4.69) is 0 Å². The molecule has 1 saturated heterocycles. The quantitative estimate of drug-likeness (QED) is 0.307. The van der Waals surface area contributed by atoms with E-state index in [1.165, 1.54) is 0 Å². The normalized spacial score (nSPS) is 18.1. The summed E-state index contributed by atoms with van der Waals surface area (Å²) in [5, 5.41) is 0. The van der Waals surface area contributed by atoms with Crippen LogP contribution in [0, 0.1) is 0 Å². The average molecular weight is 191 g/mol. The van der Waals surface area contributed by atoms with Gasteiger partial charge in [-0.3, -0.25) is 9.59 Å². The number of nitrogens with zero attached hydrogens (tertiary/aromatic N) is 1. The first-order chi connectivity index (χ1) is 4.93. The molecule has 0 spiro atoms. The summed E-state index contributed by atoms with van der Waals surface area (Å²) < 4.78 is 35.2. The number of hydrogen-bond acceptors (Lipinski definition) is 2. The third-order valence-corrected chi connectivity index (χ3v) is 1.31. The molecule has 0 radical (unpaired) electrons. The predicted octanol–water partition coefficient (Wildman–Crippen LogP) is 0.00670. The molecule has 0 aliphatic carbocycles. The summed E-state index contributed by atoms with van der Waals surface area (Å²) in [5.41, 5.74) is 0. The van der Waals surface area contributed by atoms with Crippen molar-refractivity contribution < 1.29 is 22.8 Å². The summed E-state index contributed by atoms with van der Waals surface area (Å²) in [5.74, 6) is -2.33. The van der Waals surface area contributed by atoms with Crippen LogP contribution in [0.25, 0.3) is 0 Å². The molecular weight excluding hydrogens is 186 g/mol. The number of imide groups is 1. The van der Waals surface area contributed by atoms with Crippen molar-refractivity contribution in [3.63, 3.8) is 0 Å². The van der Waals surface area contributed by atoms with Gasteiger partial charge in [0.05, 0.1) is 0 Å². The van der Waals surface area contributed by atoms with E-state index in [1.54, 1.807) is 0 Å². The second-order valence-electron chi connectivity index (χ2n) is 2.09. The van der Waals surface area contributed by atoms with Crippen LogP contribution in [0.2, 0.25) is 0 Å². The molecule has 1 fully saturated rings. The number of rotatable bonds is 0. The van der Waals surface area contributed by atoms with E-state index in [-0.39, 0.29) is 42.4 Å². The number of likely N-dealkylation sites (tertiary alicyclic amines) is 1. The summed E-state index contributed by atoms with van der Waals surface area (Å²) in [6.45, 7) is 0. The molecule has 1 aliphatic rings. The number of halogens is 3. The summed E-state index contributed by atoms with van der Waals surface area (Å²) in [6.07, 6.45) is -5.51. The minimum atomic E-state index is -4.84. The second kappa shape index (κ2) is 3.76. The van der Waals surface area contributed by atoms with Gasteiger partial charge in [0.15, 0.2) is 0 Å². The Morgan fingerprint density at radius 2 is 1.42 bits per heavy atom. The third-order valence-electron chi connectivity index (χ3n) is 1.31. The molecule has 1 heterocycles. The van der Waals surface area contributed by atoms with Gasteiger partial charge in [-0.15, -0.1) is 13.2 Å². The molecule has 0 N–H and O–H groups in total. The summed E-state index contributed by atoms with van der Waals surface area (Å²) >= 11 is 0. The van der Waals surface area contributed by atoms with Crippen molar-refractivity contribution in [3.05, 3.63) is 0 Å². The van der Waals surface area contributed by atoms with Gasteiger partial charge in [0.2, 0.25) is 11.8 Å². The molecule has 3 nitrogen and oxygen atoms in total. The molecule has 1 aliphatic heterocycles. The van der Waals surface area contributed by atoms with Gasteiger partial charge in [-0.1, -0.05) is 0 Å². The Balaban J connectivity index is 0.00000121. The van der Waals surface area contributed by atoms with Crippen LogP contribution in [0.4, 0.5) is 13.2 Å². The van der Waals surface area contributed by atoms with Crippen molar-refractivity contribution in [2.24, 2.45) is 0 Å². The van der Waals surface area contributed by atoms with Crippen LogP contribution in [-0.2, 0) is 9.59 Å². The minimum absolute atomic E-state index is 0. The molecule has 1 rings (SSSR count). The van der Waals surface area contributed by atoms with Crippen molar-refractivity contribution in [1.29, 1.82) is 0 Å². The van der Waals surface area contributed by atoms with E-state index in [4.69, 9.17) is 0 Å². The van der Waals surface area contributed by atoms with Crippen molar-refractivity contribution in [1.82, 2.24) is 4.90 Å². The van der Waals surface area contributed by atoms with Crippen molar-refractivity contribution in [2.75, 3.05) is 0 Å². The van der Waals surface area contributed by atoms with E-state index in [1.807, 2.05) is 0 Å². The van der Waals surface area contributed by atoms with Gasteiger partial charge in [-0.05, 0) is 0 Å². The number of alkyl halides is 3. The topological polar surface area (TPSA) is 37.4 Å². The third kappa shape index (κ3) is 2.21. The van der Waals surface area contributed by atoms with E-state index in [9.17, 15) is 22.8 Å². The first-order valence-electron chi connectivity index (χ1n) is 2.85. The molecule has 0 aromatic heterocycles. The zero-order valence-corrected chi connectivity index (χ0v) is 5.31. The molecule has 64 valence electrons. The summed E-state index contributed by atoms with van der Waals surface area (Å²) in [6, 6.07) is 0. The Kier molecular flexibility index (Phi) is 3.74.